The van der Waals surface area contributed by atoms with Crippen molar-refractivity contribution in [1.82, 2.24) is 4.90 Å². The molecular formula is C15H21N3O3. The standard InChI is InChI=1S/C15H21N3O3/c1-10(15(20)18-7-3-2-4-8-18)21-13-6-5-11(16)9-12(13)14(17)19/h5-6,9-10H,2-4,7-8,16H2,1H3,(H2,17,19). The van der Waals surface area contributed by atoms with Crippen molar-refractivity contribution in [2.45, 2.75) is 32.3 Å². The van der Waals surface area contributed by atoms with Crippen molar-refractivity contribution in [3.8, 4) is 5.75 Å². The van der Waals surface area contributed by atoms with E-state index in [1.807, 2.05) is 0 Å². The zero-order chi connectivity index (χ0) is 15.4. The minimum absolute atomic E-state index is 0.0676. The van der Waals surface area contributed by atoms with E-state index >= 15 is 0 Å². The van der Waals surface area contributed by atoms with Crippen LogP contribution in [0.15, 0.2) is 18.2 Å². The predicted molar refractivity (Wildman–Crippen MR) is 79.9 cm³/mol. The average molecular weight is 291 g/mol. The number of hydrogen-bond donors (Lipinski definition) is 2. The third kappa shape index (κ3) is 3.65. The van der Waals surface area contributed by atoms with Crippen molar-refractivity contribution in [1.29, 1.82) is 0 Å². The minimum Gasteiger partial charge on any atom is -0.480 e. The Morgan fingerprint density at radius 3 is 2.52 bits per heavy atom. The van der Waals surface area contributed by atoms with E-state index in [4.69, 9.17) is 16.2 Å². The fourth-order valence-electron chi connectivity index (χ4n) is 2.46. The third-order valence-corrected chi connectivity index (χ3v) is 3.59. The smallest absolute Gasteiger partial charge is 0.263 e. The number of amides is 2. The van der Waals surface area contributed by atoms with Gasteiger partial charge in [0.05, 0.1) is 5.56 Å². The van der Waals surface area contributed by atoms with Crippen LogP contribution in [0.4, 0.5) is 5.69 Å². The molecule has 1 aliphatic heterocycles. The zero-order valence-corrected chi connectivity index (χ0v) is 12.2. The lowest BCUT2D eigenvalue weighted by atomic mass is 10.1. The lowest BCUT2D eigenvalue weighted by Gasteiger charge is -2.29. The molecule has 0 radical (unpaired) electrons. The number of carbonyl (C=O) groups is 2. The molecule has 1 fully saturated rings. The molecule has 2 amide bonds. The van der Waals surface area contributed by atoms with E-state index in [0.717, 1.165) is 32.4 Å². The zero-order valence-electron chi connectivity index (χ0n) is 12.2. The Hall–Kier alpha value is -2.24. The molecular weight excluding hydrogens is 270 g/mol. The van der Waals surface area contributed by atoms with Crippen molar-refractivity contribution in [3.63, 3.8) is 0 Å². The van der Waals surface area contributed by atoms with Crippen LogP contribution in [0.5, 0.6) is 5.75 Å². The second kappa shape index (κ2) is 6.47. The first-order valence-corrected chi connectivity index (χ1v) is 7.14. The summed E-state index contributed by atoms with van der Waals surface area (Å²) >= 11 is 0. The molecule has 1 atom stereocenters. The average Bonchev–Trinajstić information content (AvgIpc) is 2.49. The molecule has 21 heavy (non-hydrogen) atoms. The van der Waals surface area contributed by atoms with Crippen LogP contribution in [-0.2, 0) is 4.79 Å². The van der Waals surface area contributed by atoms with Gasteiger partial charge in [0.1, 0.15) is 5.75 Å². The van der Waals surface area contributed by atoms with E-state index in [-0.39, 0.29) is 17.2 Å². The number of nitrogens with two attached hydrogens (primary N) is 2. The molecule has 1 heterocycles. The molecule has 1 aromatic rings. The summed E-state index contributed by atoms with van der Waals surface area (Å²) in [6, 6.07) is 4.63. The molecule has 1 unspecified atom stereocenters. The summed E-state index contributed by atoms with van der Waals surface area (Å²) in [4.78, 5) is 25.5. The third-order valence-electron chi connectivity index (χ3n) is 3.59. The van der Waals surface area contributed by atoms with Crippen LogP contribution in [0.2, 0.25) is 0 Å². The summed E-state index contributed by atoms with van der Waals surface area (Å²) < 4.78 is 5.63. The van der Waals surface area contributed by atoms with Crippen LogP contribution in [0.25, 0.3) is 0 Å². The van der Waals surface area contributed by atoms with E-state index in [9.17, 15) is 9.59 Å². The minimum atomic E-state index is -0.662. The lowest BCUT2D eigenvalue weighted by molar-refractivity contribution is -0.138. The number of primary amides is 1. The van der Waals surface area contributed by atoms with Gasteiger partial charge in [-0.15, -0.1) is 0 Å². The summed E-state index contributed by atoms with van der Waals surface area (Å²) in [5.74, 6) is -0.411. The maximum atomic E-state index is 12.3. The molecule has 1 saturated heterocycles. The molecule has 6 nitrogen and oxygen atoms in total. The molecule has 114 valence electrons. The Balaban J connectivity index is 2.10. The molecule has 0 aromatic heterocycles. The number of nitrogen functional groups attached to an aromatic ring is 1. The molecule has 0 aliphatic carbocycles. The highest BCUT2D eigenvalue weighted by atomic mass is 16.5. The van der Waals surface area contributed by atoms with Gasteiger partial charge in [-0.05, 0) is 44.4 Å². The highest BCUT2D eigenvalue weighted by Crippen LogP contribution is 2.23. The van der Waals surface area contributed by atoms with Crippen LogP contribution in [0.1, 0.15) is 36.5 Å². The maximum Gasteiger partial charge on any atom is 0.263 e. The summed E-state index contributed by atoms with van der Waals surface area (Å²) in [7, 11) is 0. The normalized spacial score (nSPS) is 16.3. The Bertz CT molecular complexity index is 539. The van der Waals surface area contributed by atoms with E-state index in [1.165, 1.54) is 6.07 Å². The molecule has 6 heteroatoms. The number of benzene rings is 1. The fraction of sp³-hybridized carbons (Fsp3) is 0.467. The number of nitrogens with zero attached hydrogens (tertiary/aromatic N) is 1. The quantitative estimate of drug-likeness (QED) is 0.813. The second-order valence-corrected chi connectivity index (χ2v) is 5.27. The highest BCUT2D eigenvalue weighted by molar-refractivity contribution is 5.96. The molecule has 1 aliphatic rings. The van der Waals surface area contributed by atoms with Crippen molar-refractivity contribution >= 4 is 17.5 Å². The number of anilines is 1. The van der Waals surface area contributed by atoms with Crippen molar-refractivity contribution in [2.24, 2.45) is 5.73 Å². The lowest BCUT2D eigenvalue weighted by Crippen LogP contribution is -2.43. The Morgan fingerprint density at radius 1 is 1.24 bits per heavy atom. The highest BCUT2D eigenvalue weighted by Gasteiger charge is 2.24. The number of carbonyl (C=O) groups excluding carboxylic acids is 2. The van der Waals surface area contributed by atoms with Crippen molar-refractivity contribution < 1.29 is 14.3 Å². The number of piperidine rings is 1. The van der Waals surface area contributed by atoms with E-state index in [0.29, 0.717) is 5.69 Å². The molecule has 4 N–H and O–H groups in total. The number of ether oxygens (including phenoxy) is 1. The van der Waals surface area contributed by atoms with Gasteiger partial charge in [-0.25, -0.2) is 0 Å². The Labute approximate surface area is 124 Å². The number of likely N-dealkylation sites (tertiary alicyclic amines) is 1. The molecule has 0 spiro atoms. The Kier molecular flexibility index (Phi) is 4.67. The topological polar surface area (TPSA) is 98.6 Å². The van der Waals surface area contributed by atoms with Gasteiger partial charge < -0.3 is 21.1 Å². The second-order valence-electron chi connectivity index (χ2n) is 5.27. The number of hydrogen-bond acceptors (Lipinski definition) is 4. The first-order valence-electron chi connectivity index (χ1n) is 7.14. The van der Waals surface area contributed by atoms with Crippen LogP contribution >= 0.6 is 0 Å². The molecule has 0 bridgehead atoms. The van der Waals surface area contributed by atoms with E-state index < -0.39 is 12.0 Å². The summed E-state index contributed by atoms with van der Waals surface area (Å²) in [6.07, 6.45) is 2.53. The molecule has 0 saturated carbocycles. The first kappa shape index (κ1) is 15.2. The van der Waals surface area contributed by atoms with E-state index in [1.54, 1.807) is 24.0 Å². The molecule has 1 aromatic carbocycles. The van der Waals surface area contributed by atoms with Gasteiger partial charge in [-0.3, -0.25) is 9.59 Å². The molecule has 2 rings (SSSR count). The van der Waals surface area contributed by atoms with Crippen LogP contribution in [0, 0.1) is 0 Å². The van der Waals surface area contributed by atoms with Gasteiger partial charge in [-0.1, -0.05) is 0 Å². The van der Waals surface area contributed by atoms with Gasteiger partial charge in [0.2, 0.25) is 0 Å². The maximum absolute atomic E-state index is 12.3. The summed E-state index contributed by atoms with van der Waals surface area (Å²) in [5, 5.41) is 0. The number of rotatable bonds is 4. The summed E-state index contributed by atoms with van der Waals surface area (Å²) in [6.45, 7) is 3.20. The van der Waals surface area contributed by atoms with Crippen molar-refractivity contribution in [3.05, 3.63) is 23.8 Å². The van der Waals surface area contributed by atoms with Crippen LogP contribution < -0.4 is 16.2 Å². The van der Waals surface area contributed by atoms with Crippen molar-refractivity contribution in [2.75, 3.05) is 18.8 Å². The first-order chi connectivity index (χ1) is 9.99. The van der Waals surface area contributed by atoms with Gasteiger partial charge in [0.15, 0.2) is 6.10 Å². The fourth-order valence-corrected chi connectivity index (χ4v) is 2.46. The SMILES string of the molecule is CC(Oc1ccc(N)cc1C(N)=O)C(=O)N1CCCCC1. The monoisotopic (exact) mass is 291 g/mol. The predicted octanol–water partition coefficient (Wildman–Crippen LogP) is 1.15. The van der Waals surface area contributed by atoms with E-state index in [2.05, 4.69) is 0 Å². The Morgan fingerprint density at radius 2 is 1.90 bits per heavy atom. The van der Waals surface area contributed by atoms with Crippen LogP contribution in [-0.4, -0.2) is 35.9 Å². The van der Waals surface area contributed by atoms with Gasteiger partial charge in [0.25, 0.3) is 11.8 Å². The van der Waals surface area contributed by atoms with Gasteiger partial charge in [0, 0.05) is 18.8 Å². The summed E-state index contributed by atoms with van der Waals surface area (Å²) in [5.41, 5.74) is 11.6. The van der Waals surface area contributed by atoms with Gasteiger partial charge >= 0.3 is 0 Å². The largest absolute Gasteiger partial charge is 0.480 e. The van der Waals surface area contributed by atoms with Crippen LogP contribution in [0.3, 0.4) is 0 Å². The van der Waals surface area contributed by atoms with Gasteiger partial charge in [-0.2, -0.15) is 0 Å².